The summed E-state index contributed by atoms with van der Waals surface area (Å²) >= 11 is 0. The first-order valence-corrected chi connectivity index (χ1v) is 10.0. The zero-order chi connectivity index (χ0) is 20.3. The maximum Gasteiger partial charge on any atom is 0.249 e. The van der Waals surface area contributed by atoms with E-state index in [2.05, 4.69) is 37.8 Å². The Morgan fingerprint density at radius 3 is 2.89 bits per heavy atom. The standard InChI is InChI=1S/C22H31N3O3/c1-15(14-22(2,3)4)12-19(26)25-11-7-10-18(25)21-23-20(24-28-21)16-8-6-9-17(13-16)27-5/h6,8-9,13,15,18H,7,10-12,14H2,1-5H3/t15-,18+/m1/s1. The predicted octanol–water partition coefficient (Wildman–Crippen LogP) is 4.87. The molecule has 1 aliphatic rings. The minimum absolute atomic E-state index is 0.124. The molecule has 0 saturated carbocycles. The van der Waals surface area contributed by atoms with Crippen LogP contribution in [0.5, 0.6) is 5.75 Å². The molecule has 6 heteroatoms. The molecule has 2 atom stereocenters. The number of aromatic nitrogens is 2. The van der Waals surface area contributed by atoms with Crippen LogP contribution in [-0.4, -0.2) is 34.6 Å². The molecule has 1 saturated heterocycles. The van der Waals surface area contributed by atoms with Gasteiger partial charge in [0.15, 0.2) is 0 Å². The molecule has 1 aromatic heterocycles. The van der Waals surface area contributed by atoms with Crippen LogP contribution >= 0.6 is 0 Å². The molecule has 0 spiro atoms. The van der Waals surface area contributed by atoms with Crippen LogP contribution in [0.1, 0.15) is 65.3 Å². The summed E-state index contributed by atoms with van der Waals surface area (Å²) in [5, 5.41) is 4.13. The summed E-state index contributed by atoms with van der Waals surface area (Å²) in [5.41, 5.74) is 1.06. The van der Waals surface area contributed by atoms with Crippen molar-refractivity contribution in [1.82, 2.24) is 15.0 Å². The molecule has 0 N–H and O–H groups in total. The van der Waals surface area contributed by atoms with Gasteiger partial charge in [0.05, 0.1) is 7.11 Å². The Labute approximate surface area is 167 Å². The van der Waals surface area contributed by atoms with Crippen molar-refractivity contribution in [1.29, 1.82) is 0 Å². The van der Waals surface area contributed by atoms with Gasteiger partial charge in [0.25, 0.3) is 0 Å². The fourth-order valence-electron chi connectivity index (χ4n) is 4.10. The average Bonchev–Trinajstić information content (AvgIpc) is 3.29. The maximum absolute atomic E-state index is 12.9. The van der Waals surface area contributed by atoms with Crippen LogP contribution in [0.4, 0.5) is 0 Å². The van der Waals surface area contributed by atoms with Gasteiger partial charge in [-0.05, 0) is 42.7 Å². The van der Waals surface area contributed by atoms with Gasteiger partial charge in [0.1, 0.15) is 11.8 Å². The highest BCUT2D eigenvalue weighted by atomic mass is 16.5. The summed E-state index contributed by atoms with van der Waals surface area (Å²) in [6, 6.07) is 7.44. The number of carbonyl (C=O) groups is 1. The van der Waals surface area contributed by atoms with E-state index in [-0.39, 0.29) is 17.4 Å². The molecule has 0 unspecified atom stereocenters. The molecule has 28 heavy (non-hydrogen) atoms. The zero-order valence-corrected chi connectivity index (χ0v) is 17.6. The highest BCUT2D eigenvalue weighted by Crippen LogP contribution is 2.34. The fourth-order valence-corrected chi connectivity index (χ4v) is 4.10. The van der Waals surface area contributed by atoms with E-state index >= 15 is 0 Å². The lowest BCUT2D eigenvalue weighted by molar-refractivity contribution is -0.133. The van der Waals surface area contributed by atoms with Crippen LogP contribution in [0.15, 0.2) is 28.8 Å². The normalized spacial score (nSPS) is 18.3. The third kappa shape index (κ3) is 4.91. The highest BCUT2D eigenvalue weighted by molar-refractivity contribution is 5.77. The topological polar surface area (TPSA) is 68.5 Å². The van der Waals surface area contributed by atoms with E-state index in [1.807, 2.05) is 29.2 Å². The van der Waals surface area contributed by atoms with Crippen LogP contribution < -0.4 is 4.74 Å². The summed E-state index contributed by atoms with van der Waals surface area (Å²) in [6.07, 6.45) is 3.41. The Kier molecular flexibility index (Phi) is 6.06. The molecule has 2 heterocycles. The molecule has 1 aliphatic heterocycles. The van der Waals surface area contributed by atoms with Crippen molar-refractivity contribution in [3.63, 3.8) is 0 Å². The number of rotatable bonds is 6. The molecule has 0 bridgehead atoms. The van der Waals surface area contributed by atoms with Crippen LogP contribution in [-0.2, 0) is 4.79 Å². The number of methoxy groups -OCH3 is 1. The first kappa shape index (κ1) is 20.4. The minimum Gasteiger partial charge on any atom is -0.497 e. The van der Waals surface area contributed by atoms with Crippen molar-refractivity contribution < 1.29 is 14.1 Å². The summed E-state index contributed by atoms with van der Waals surface area (Å²) in [6.45, 7) is 9.55. The van der Waals surface area contributed by atoms with E-state index in [0.29, 0.717) is 24.1 Å². The van der Waals surface area contributed by atoms with E-state index in [0.717, 1.165) is 37.1 Å². The van der Waals surface area contributed by atoms with Gasteiger partial charge in [0, 0.05) is 18.5 Å². The van der Waals surface area contributed by atoms with Gasteiger partial charge in [-0.1, -0.05) is 45.0 Å². The van der Waals surface area contributed by atoms with Crippen LogP contribution in [0, 0.1) is 11.3 Å². The number of likely N-dealkylation sites (tertiary alicyclic amines) is 1. The largest absolute Gasteiger partial charge is 0.497 e. The van der Waals surface area contributed by atoms with Gasteiger partial charge in [-0.3, -0.25) is 4.79 Å². The van der Waals surface area contributed by atoms with Gasteiger partial charge in [-0.15, -0.1) is 0 Å². The average molecular weight is 386 g/mol. The number of benzene rings is 1. The molecule has 0 radical (unpaired) electrons. The maximum atomic E-state index is 12.9. The minimum atomic E-state index is -0.124. The monoisotopic (exact) mass is 385 g/mol. The second-order valence-electron chi connectivity index (χ2n) is 9.01. The third-order valence-electron chi connectivity index (χ3n) is 5.11. The van der Waals surface area contributed by atoms with Crippen LogP contribution in [0.25, 0.3) is 11.4 Å². The van der Waals surface area contributed by atoms with Crippen molar-refractivity contribution in [2.45, 2.75) is 59.4 Å². The van der Waals surface area contributed by atoms with Crippen molar-refractivity contribution >= 4 is 5.91 Å². The van der Waals surface area contributed by atoms with Crippen molar-refractivity contribution in [2.75, 3.05) is 13.7 Å². The van der Waals surface area contributed by atoms with Gasteiger partial charge in [0.2, 0.25) is 17.6 Å². The van der Waals surface area contributed by atoms with Gasteiger partial charge in [-0.2, -0.15) is 4.98 Å². The molecule has 152 valence electrons. The Morgan fingerprint density at radius 2 is 2.18 bits per heavy atom. The van der Waals surface area contributed by atoms with Gasteiger partial charge >= 0.3 is 0 Å². The summed E-state index contributed by atoms with van der Waals surface area (Å²) < 4.78 is 10.8. The van der Waals surface area contributed by atoms with E-state index < -0.39 is 0 Å². The number of hydrogen-bond donors (Lipinski definition) is 0. The summed E-state index contributed by atoms with van der Waals surface area (Å²) in [4.78, 5) is 19.4. The molecule has 6 nitrogen and oxygen atoms in total. The SMILES string of the molecule is COc1cccc(-c2noc([C@@H]3CCCN3C(=O)C[C@@H](C)CC(C)(C)C)n2)c1. The highest BCUT2D eigenvalue weighted by Gasteiger charge is 2.34. The second kappa shape index (κ2) is 8.33. The Balaban J connectivity index is 1.71. The number of hydrogen-bond acceptors (Lipinski definition) is 5. The fraction of sp³-hybridized carbons (Fsp3) is 0.591. The number of nitrogens with zero attached hydrogens (tertiary/aromatic N) is 3. The molecule has 1 aromatic carbocycles. The summed E-state index contributed by atoms with van der Waals surface area (Å²) in [7, 11) is 1.63. The van der Waals surface area contributed by atoms with Gasteiger partial charge < -0.3 is 14.2 Å². The van der Waals surface area contributed by atoms with E-state index in [9.17, 15) is 4.79 Å². The van der Waals surface area contributed by atoms with Crippen LogP contribution in [0.3, 0.4) is 0 Å². The summed E-state index contributed by atoms with van der Waals surface area (Å²) in [5.74, 6) is 2.32. The number of carbonyl (C=O) groups excluding carboxylic acids is 1. The molecule has 3 rings (SSSR count). The number of ether oxygens (including phenoxy) is 1. The third-order valence-corrected chi connectivity index (χ3v) is 5.11. The predicted molar refractivity (Wildman–Crippen MR) is 108 cm³/mol. The van der Waals surface area contributed by atoms with Crippen LogP contribution in [0.2, 0.25) is 0 Å². The van der Waals surface area contributed by atoms with E-state index in [1.54, 1.807) is 7.11 Å². The number of amides is 1. The first-order chi connectivity index (χ1) is 13.3. The Bertz CT molecular complexity index is 809. The lowest BCUT2D eigenvalue weighted by atomic mass is 9.84. The van der Waals surface area contributed by atoms with Crippen molar-refractivity contribution in [2.24, 2.45) is 11.3 Å². The smallest absolute Gasteiger partial charge is 0.249 e. The Hall–Kier alpha value is -2.37. The molecular formula is C22H31N3O3. The van der Waals surface area contributed by atoms with Crippen molar-refractivity contribution in [3.05, 3.63) is 30.2 Å². The van der Waals surface area contributed by atoms with Crippen molar-refractivity contribution in [3.8, 4) is 17.1 Å². The first-order valence-electron chi connectivity index (χ1n) is 10.0. The molecule has 1 amide bonds. The molecule has 0 aliphatic carbocycles. The lowest BCUT2D eigenvalue weighted by Gasteiger charge is -2.26. The van der Waals surface area contributed by atoms with Gasteiger partial charge in [-0.25, -0.2) is 0 Å². The second-order valence-corrected chi connectivity index (χ2v) is 9.01. The van der Waals surface area contributed by atoms with E-state index in [1.165, 1.54) is 0 Å². The molecule has 2 aromatic rings. The van der Waals surface area contributed by atoms with E-state index in [4.69, 9.17) is 9.26 Å². The Morgan fingerprint density at radius 1 is 1.39 bits per heavy atom. The molecular weight excluding hydrogens is 354 g/mol. The zero-order valence-electron chi connectivity index (χ0n) is 17.6. The molecule has 1 fully saturated rings. The lowest BCUT2D eigenvalue weighted by Crippen LogP contribution is -2.32. The quantitative estimate of drug-likeness (QED) is 0.709.